The summed E-state index contributed by atoms with van der Waals surface area (Å²) in [7, 11) is 5.25. The minimum atomic E-state index is -0.232. The van der Waals surface area contributed by atoms with Crippen molar-refractivity contribution in [2.24, 2.45) is 0 Å². The van der Waals surface area contributed by atoms with E-state index in [0.717, 1.165) is 261 Å². The van der Waals surface area contributed by atoms with E-state index in [0.29, 0.717) is 76.2 Å². The van der Waals surface area contributed by atoms with Crippen molar-refractivity contribution in [3.8, 4) is 34.5 Å². The third-order valence-electron chi connectivity index (χ3n) is 24.5. The molecule has 22 nitrogen and oxygen atoms in total. The number of anilines is 4. The van der Waals surface area contributed by atoms with Crippen molar-refractivity contribution in [3.63, 3.8) is 0 Å². The predicted octanol–water partition coefficient (Wildman–Crippen LogP) is 16.1. The standard InChI is InChI=1S/C34H44FN3O4.C34H43FN2O5.C34H40N4O4S/c1-39-20-2-18-38-19-22-41-33-12-5-27(23-32(33)38)25-42-34-24-37-16-14-31(34)28-6-10-30(11-7-28)40-21-17-36-15-13-26-3-8-29(35)9-4-26;1-38-18-4-16-37-17-21-41-33-13-8-26(22-32(33)37)24-42-34-23-36-15-14-30(34)27-9-11-29(12-10-27)40-20-5-19-39-25-28-6-2-3-7-31(28)35;1-39-17-4-15-37-16-18-40-31-12-7-24(19-30(31)37)23-41-32-20-35-14-13-28(32)25-8-10-26(11-9-25)42-27-21-38(22-27)34-36-29-5-2-3-6-33(29)43-34/h3-12,23,31,34,36-37H,2,13-22,24-25H2,1H3;2-3,6-13,22,30,34,36H,4-5,14-21,23-25H2,1H3;2-3,5-12,19,27-28,32,35H,4,13-18,20-23H2,1H3/t31-,34+;30-,34+;28-,32+/m111/s1. The van der Waals surface area contributed by atoms with Gasteiger partial charge in [0.2, 0.25) is 0 Å². The second-order valence-corrected chi connectivity index (χ2v) is 34.4. The highest BCUT2D eigenvalue weighted by Crippen LogP contribution is 2.40. The molecule has 0 radical (unpaired) electrons. The number of fused-ring (bicyclic) bond motifs is 4. The van der Waals surface area contributed by atoms with E-state index in [-0.39, 0.29) is 42.7 Å². The minimum absolute atomic E-state index is 0.0854. The summed E-state index contributed by atoms with van der Waals surface area (Å²) in [6.07, 6.45) is 8.17. The SMILES string of the molecule is COCCCN1CCOc2ccc(CO[C@H]3CNCC[C@@H]3c3ccc(OC4CN(c5nc6ccccc6s5)C4)cc3)cc21.COCCCN1CCOc2ccc(CO[C@H]3CNCC[C@@H]3c3ccc(OCCCOCc4ccccc4F)cc3)cc21.COCCCN1CCOc2ccc(CO[C@H]3CNCC[C@@H]3c3ccc(OCCNCCc4ccc(F)cc4)cc3)cc21. The number of hydrogen-bond acceptors (Lipinski definition) is 23. The third kappa shape index (κ3) is 26.8. The van der Waals surface area contributed by atoms with Crippen LogP contribution in [-0.4, -0.2) is 215 Å². The second-order valence-electron chi connectivity index (χ2n) is 33.4. The van der Waals surface area contributed by atoms with Crippen molar-refractivity contribution in [3.05, 3.63) is 256 Å². The van der Waals surface area contributed by atoms with Crippen LogP contribution in [0, 0.1) is 11.6 Å². The lowest BCUT2D eigenvalue weighted by Crippen LogP contribution is -2.54. The first kappa shape index (κ1) is 92.0. The molecule has 4 saturated heterocycles. The van der Waals surface area contributed by atoms with Crippen LogP contribution in [0.3, 0.4) is 0 Å². The van der Waals surface area contributed by atoms with Crippen LogP contribution >= 0.6 is 11.3 Å². The Balaban J connectivity index is 0.000000147. The lowest BCUT2D eigenvalue weighted by Gasteiger charge is -2.38. The first-order chi connectivity index (χ1) is 62.6. The van der Waals surface area contributed by atoms with Crippen LogP contribution < -0.4 is 69.3 Å². The Kier molecular flexibility index (Phi) is 35.2. The number of benzene rings is 9. The number of thiazole rings is 1. The first-order valence-electron chi connectivity index (χ1n) is 45.7. The molecule has 17 rings (SSSR count). The summed E-state index contributed by atoms with van der Waals surface area (Å²) in [5.41, 5.74) is 13.6. The number of para-hydroxylation sites is 1. The number of rotatable bonds is 41. The summed E-state index contributed by atoms with van der Waals surface area (Å²) in [5, 5.41) is 15.0. The summed E-state index contributed by atoms with van der Waals surface area (Å²) in [5.74, 6) is 6.05. The zero-order chi connectivity index (χ0) is 87.0. The molecule has 4 N–H and O–H groups in total. The van der Waals surface area contributed by atoms with Crippen molar-refractivity contribution in [2.45, 2.75) is 120 Å². The number of aromatic nitrogens is 1. The molecule has 0 saturated carbocycles. The highest BCUT2D eigenvalue weighted by molar-refractivity contribution is 7.22. The van der Waals surface area contributed by atoms with E-state index < -0.39 is 0 Å². The first-order valence-corrected chi connectivity index (χ1v) is 46.5. The molecule has 6 atom stereocenters. The lowest BCUT2D eigenvalue weighted by molar-refractivity contribution is 0.0105. The average molecular weight is 1760 g/mol. The van der Waals surface area contributed by atoms with Gasteiger partial charge in [-0.05, 0) is 213 Å². The summed E-state index contributed by atoms with van der Waals surface area (Å²) >= 11 is 1.75. The maximum Gasteiger partial charge on any atom is 0.186 e. The zero-order valence-electron chi connectivity index (χ0n) is 74.0. The Morgan fingerprint density at radius 2 is 0.898 bits per heavy atom. The van der Waals surface area contributed by atoms with Gasteiger partial charge in [-0.1, -0.05) is 108 Å². The van der Waals surface area contributed by atoms with Crippen LogP contribution in [0.25, 0.3) is 10.2 Å². The molecule has 10 aromatic rings. The second kappa shape index (κ2) is 48.6. The summed E-state index contributed by atoms with van der Waals surface area (Å²) < 4.78 is 105. The van der Waals surface area contributed by atoms with Gasteiger partial charge in [-0.15, -0.1) is 0 Å². The van der Waals surface area contributed by atoms with Crippen LogP contribution in [0.5, 0.6) is 34.5 Å². The molecule has 0 aliphatic carbocycles. The number of nitrogens with zero attached hydrogens (tertiary/aromatic N) is 5. The number of ether oxygens (including phenoxy) is 13. The Morgan fingerprint density at radius 3 is 1.37 bits per heavy atom. The molecule has 0 spiro atoms. The zero-order valence-corrected chi connectivity index (χ0v) is 74.8. The van der Waals surface area contributed by atoms with Crippen molar-refractivity contribution in [1.29, 1.82) is 0 Å². The van der Waals surface area contributed by atoms with Gasteiger partial charge < -0.3 is 102 Å². The summed E-state index contributed by atoms with van der Waals surface area (Å²) in [6.45, 7) is 22.4. The van der Waals surface area contributed by atoms with Gasteiger partial charge >= 0.3 is 0 Å². The summed E-state index contributed by atoms with van der Waals surface area (Å²) in [4.78, 5) is 14.3. The van der Waals surface area contributed by atoms with Gasteiger partial charge in [0.15, 0.2) is 5.13 Å². The Labute approximate surface area is 752 Å². The van der Waals surface area contributed by atoms with E-state index >= 15 is 0 Å². The van der Waals surface area contributed by atoms with E-state index in [1.54, 1.807) is 44.8 Å². The molecule has 678 valence electrons. The summed E-state index contributed by atoms with van der Waals surface area (Å²) in [6, 6.07) is 66.5. The van der Waals surface area contributed by atoms with Crippen LogP contribution in [0.15, 0.2) is 200 Å². The molecular formula is C102H127F2N9O13S. The number of piperidine rings is 3. The number of hydrogen-bond donors (Lipinski definition) is 4. The highest BCUT2D eigenvalue weighted by atomic mass is 32.1. The highest BCUT2D eigenvalue weighted by Gasteiger charge is 2.34. The molecule has 0 bridgehead atoms. The third-order valence-corrected chi connectivity index (χ3v) is 25.6. The molecule has 7 aliphatic heterocycles. The number of methoxy groups -OCH3 is 3. The molecule has 127 heavy (non-hydrogen) atoms. The van der Waals surface area contributed by atoms with Crippen molar-refractivity contribution < 1.29 is 70.4 Å². The topological polar surface area (TPSA) is 194 Å². The van der Waals surface area contributed by atoms with Gasteiger partial charge in [0.05, 0.1) is 118 Å². The predicted molar refractivity (Wildman–Crippen MR) is 499 cm³/mol. The van der Waals surface area contributed by atoms with Crippen LogP contribution in [0.1, 0.15) is 107 Å². The minimum Gasteiger partial charge on any atom is -0.494 e. The molecule has 0 unspecified atom stereocenters. The molecule has 25 heteroatoms. The molecule has 9 aromatic carbocycles. The molecule has 7 aliphatic rings. The smallest absolute Gasteiger partial charge is 0.186 e. The lowest BCUT2D eigenvalue weighted by atomic mass is 9.87. The van der Waals surface area contributed by atoms with Crippen LogP contribution in [-0.2, 0) is 66.0 Å². The van der Waals surface area contributed by atoms with Gasteiger partial charge in [-0.3, -0.25) is 0 Å². The van der Waals surface area contributed by atoms with E-state index in [2.05, 4.69) is 174 Å². The van der Waals surface area contributed by atoms with Gasteiger partial charge in [0.1, 0.15) is 78.7 Å². The van der Waals surface area contributed by atoms with E-state index in [9.17, 15) is 8.78 Å². The Morgan fingerprint density at radius 1 is 0.449 bits per heavy atom. The number of nitrogens with one attached hydrogen (secondary N) is 4. The Bertz CT molecular complexity index is 4910. The molecule has 8 heterocycles. The van der Waals surface area contributed by atoms with Crippen LogP contribution in [0.2, 0.25) is 0 Å². The quantitative estimate of drug-likeness (QED) is 0.0264. The van der Waals surface area contributed by atoms with E-state index in [1.165, 1.54) is 45.2 Å². The molecular weight excluding hydrogens is 1630 g/mol. The molecule has 4 fully saturated rings. The van der Waals surface area contributed by atoms with Gasteiger partial charge in [-0.25, -0.2) is 13.8 Å². The maximum atomic E-state index is 13.7. The fourth-order valence-corrected chi connectivity index (χ4v) is 18.5. The normalized spacial score (nSPS) is 19.1. The molecule has 0 amide bonds. The van der Waals surface area contributed by atoms with Crippen molar-refractivity contribution in [2.75, 3.05) is 205 Å². The average Bonchev–Trinajstić information content (AvgIpc) is 1.70. The fourth-order valence-electron chi connectivity index (χ4n) is 17.6. The van der Waals surface area contributed by atoms with Crippen molar-refractivity contribution in [1.82, 2.24) is 26.3 Å². The molecule has 1 aromatic heterocycles. The van der Waals surface area contributed by atoms with E-state index in [1.807, 2.05) is 36.4 Å². The van der Waals surface area contributed by atoms with Crippen LogP contribution in [0.4, 0.5) is 31.0 Å². The van der Waals surface area contributed by atoms with E-state index in [4.69, 9.17) is 66.6 Å². The van der Waals surface area contributed by atoms with Gasteiger partial charge in [-0.2, -0.15) is 0 Å². The van der Waals surface area contributed by atoms with Gasteiger partial charge in [0, 0.05) is 117 Å². The maximum absolute atomic E-state index is 13.7. The number of halogens is 2. The monoisotopic (exact) mass is 1760 g/mol. The van der Waals surface area contributed by atoms with Gasteiger partial charge in [0.25, 0.3) is 0 Å². The Hall–Kier alpha value is -9.71. The fraction of sp³-hybridized carbons (Fsp3) is 0.461. The van der Waals surface area contributed by atoms with Crippen molar-refractivity contribution >= 4 is 43.7 Å². The largest absolute Gasteiger partial charge is 0.494 e.